The molecule has 0 aliphatic carbocycles. The third-order valence-electron chi connectivity index (χ3n) is 5.81. The summed E-state index contributed by atoms with van der Waals surface area (Å²) in [5.41, 5.74) is 5.04. The number of hydrogen-bond acceptors (Lipinski definition) is 5. The minimum absolute atomic E-state index is 0.131. The number of rotatable bonds is 7. The van der Waals surface area contributed by atoms with Gasteiger partial charge in [-0.1, -0.05) is 42.8 Å². The van der Waals surface area contributed by atoms with E-state index in [1.807, 2.05) is 30.9 Å². The fourth-order valence-electron chi connectivity index (χ4n) is 4.23. The first kappa shape index (κ1) is 23.0. The second-order valence-corrected chi connectivity index (χ2v) is 9.09. The molecule has 1 aromatic heterocycles. The van der Waals surface area contributed by atoms with Crippen molar-refractivity contribution < 1.29 is 14.3 Å². The van der Waals surface area contributed by atoms with Crippen LogP contribution in [-0.2, 0) is 17.8 Å². The van der Waals surface area contributed by atoms with Crippen molar-refractivity contribution in [2.45, 2.75) is 46.3 Å². The summed E-state index contributed by atoms with van der Waals surface area (Å²) >= 11 is 1.41. The van der Waals surface area contributed by atoms with Crippen LogP contribution in [0.2, 0.25) is 0 Å². The maximum atomic E-state index is 12.8. The van der Waals surface area contributed by atoms with Crippen LogP contribution in [0.1, 0.15) is 64.1 Å². The number of amides is 2. The summed E-state index contributed by atoms with van der Waals surface area (Å²) in [5.74, 6) is 0.710. The number of ether oxygens (including phenoxy) is 1. The molecular weight excluding hydrogens is 434 g/mol. The molecule has 0 bridgehead atoms. The first-order chi connectivity index (χ1) is 16.0. The van der Waals surface area contributed by atoms with Crippen LogP contribution in [0.25, 0.3) is 0 Å². The summed E-state index contributed by atoms with van der Waals surface area (Å²) in [7, 11) is 0. The Kier molecular flexibility index (Phi) is 7.08. The van der Waals surface area contributed by atoms with Crippen molar-refractivity contribution in [1.29, 1.82) is 0 Å². The summed E-state index contributed by atoms with van der Waals surface area (Å²) in [5, 5.41) is 5.25. The van der Waals surface area contributed by atoms with Crippen LogP contribution >= 0.6 is 11.3 Å². The number of carbonyl (C=O) groups is 2. The third-order valence-corrected chi connectivity index (χ3v) is 6.63. The van der Waals surface area contributed by atoms with Gasteiger partial charge in [0.2, 0.25) is 5.91 Å². The molecule has 0 saturated heterocycles. The Balaban J connectivity index is 1.60. The normalized spacial score (nSPS) is 15.1. The Morgan fingerprint density at radius 3 is 2.82 bits per heavy atom. The molecule has 0 radical (unpaired) electrons. The molecule has 2 aromatic carbocycles. The molecule has 0 saturated carbocycles. The zero-order chi connectivity index (χ0) is 23.4. The quantitative estimate of drug-likeness (QED) is 0.553. The Morgan fingerprint density at radius 1 is 1.21 bits per heavy atom. The molecule has 1 N–H and O–H groups in total. The van der Waals surface area contributed by atoms with E-state index in [0.29, 0.717) is 25.2 Å². The van der Waals surface area contributed by atoms with Gasteiger partial charge in [0.1, 0.15) is 23.1 Å². The molecule has 0 fully saturated rings. The van der Waals surface area contributed by atoms with E-state index in [2.05, 4.69) is 47.6 Å². The van der Waals surface area contributed by atoms with Gasteiger partial charge in [0.15, 0.2) is 0 Å². The molecule has 1 aliphatic heterocycles. The smallest absolute Gasteiger partial charge is 0.270 e. The van der Waals surface area contributed by atoms with E-state index in [4.69, 9.17) is 4.74 Å². The van der Waals surface area contributed by atoms with Crippen LogP contribution in [0, 0.1) is 6.92 Å². The van der Waals surface area contributed by atoms with E-state index in [-0.39, 0.29) is 24.5 Å². The van der Waals surface area contributed by atoms with Crippen LogP contribution in [0.3, 0.4) is 0 Å². The molecule has 1 atom stereocenters. The van der Waals surface area contributed by atoms with E-state index in [9.17, 15) is 9.59 Å². The molecule has 0 spiro atoms. The van der Waals surface area contributed by atoms with Gasteiger partial charge in [0, 0.05) is 24.9 Å². The van der Waals surface area contributed by atoms with Crippen LogP contribution in [0.15, 0.2) is 47.8 Å². The summed E-state index contributed by atoms with van der Waals surface area (Å²) in [4.78, 5) is 31.1. The lowest BCUT2D eigenvalue weighted by atomic mass is 9.87. The number of fused-ring (bicyclic) bond motifs is 1. The highest BCUT2D eigenvalue weighted by Gasteiger charge is 2.31. The topological polar surface area (TPSA) is 71.5 Å². The fourth-order valence-corrected chi connectivity index (χ4v) is 4.92. The van der Waals surface area contributed by atoms with Crippen molar-refractivity contribution in [3.05, 3.63) is 80.8 Å². The number of aryl methyl sites for hydroxylation is 1. The molecule has 3 aromatic rings. The Bertz CT molecular complexity index is 1160. The highest BCUT2D eigenvalue weighted by molar-refractivity contribution is 7.09. The van der Waals surface area contributed by atoms with Crippen molar-refractivity contribution in [3.63, 3.8) is 0 Å². The number of hydrogen-bond donors (Lipinski definition) is 1. The molecule has 2 heterocycles. The Morgan fingerprint density at radius 2 is 2.06 bits per heavy atom. The van der Waals surface area contributed by atoms with Crippen molar-refractivity contribution >= 4 is 23.2 Å². The number of carbonyl (C=O) groups excluding carboxylic acids is 2. The Hall–Kier alpha value is -3.19. The predicted octanol–water partition coefficient (Wildman–Crippen LogP) is 4.66. The van der Waals surface area contributed by atoms with Crippen LogP contribution in [-0.4, -0.2) is 34.8 Å². The minimum atomic E-state index is -0.171. The van der Waals surface area contributed by atoms with Crippen molar-refractivity contribution in [2.24, 2.45) is 0 Å². The summed E-state index contributed by atoms with van der Waals surface area (Å²) in [6.45, 7) is 7.42. The second-order valence-electron chi connectivity index (χ2n) is 8.14. The van der Waals surface area contributed by atoms with Crippen LogP contribution < -0.4 is 10.1 Å². The lowest BCUT2D eigenvalue weighted by Gasteiger charge is -2.38. The number of aromatic nitrogens is 1. The number of nitrogens with one attached hydrogen (secondary N) is 1. The first-order valence-corrected chi connectivity index (χ1v) is 12.2. The summed E-state index contributed by atoms with van der Waals surface area (Å²) in [6.07, 6.45) is 1.30. The summed E-state index contributed by atoms with van der Waals surface area (Å²) < 4.78 is 6.05. The second kappa shape index (κ2) is 10.2. The maximum Gasteiger partial charge on any atom is 0.270 e. The highest BCUT2D eigenvalue weighted by Crippen LogP contribution is 2.38. The molecule has 33 heavy (non-hydrogen) atoms. The maximum absolute atomic E-state index is 12.8. The number of benzene rings is 2. The number of thiazole rings is 1. The minimum Gasteiger partial charge on any atom is -0.486 e. The standard InChI is InChI=1S/C26H29N3O3S/c1-4-24(30)29-12-11-18-9-10-20(14-21(18)25(29)19-8-6-7-17(3)13-19)32-15-23-28-22(16-33-23)26(31)27-5-2/h6-10,13-14,16,25H,4-5,11-12,15H2,1-3H3,(H,27,31). The first-order valence-electron chi connectivity index (χ1n) is 11.3. The van der Waals surface area contributed by atoms with E-state index < -0.39 is 0 Å². The third kappa shape index (κ3) is 5.09. The molecule has 6 nitrogen and oxygen atoms in total. The Labute approximate surface area is 198 Å². The van der Waals surface area contributed by atoms with Gasteiger partial charge in [-0.25, -0.2) is 4.98 Å². The van der Waals surface area contributed by atoms with Gasteiger partial charge in [-0.05, 0) is 49.1 Å². The lowest BCUT2D eigenvalue weighted by molar-refractivity contribution is -0.132. The van der Waals surface area contributed by atoms with Crippen molar-refractivity contribution in [1.82, 2.24) is 15.2 Å². The van der Waals surface area contributed by atoms with E-state index in [0.717, 1.165) is 28.3 Å². The van der Waals surface area contributed by atoms with Gasteiger partial charge in [0.05, 0.1) is 6.04 Å². The monoisotopic (exact) mass is 463 g/mol. The fraction of sp³-hybridized carbons (Fsp3) is 0.346. The molecule has 4 rings (SSSR count). The van der Waals surface area contributed by atoms with Gasteiger partial charge in [0.25, 0.3) is 5.91 Å². The van der Waals surface area contributed by atoms with Gasteiger partial charge < -0.3 is 15.0 Å². The molecule has 1 aliphatic rings. The predicted molar refractivity (Wildman–Crippen MR) is 130 cm³/mol. The molecule has 172 valence electrons. The average Bonchev–Trinajstić information content (AvgIpc) is 3.31. The van der Waals surface area contributed by atoms with Crippen molar-refractivity contribution in [3.8, 4) is 5.75 Å². The molecular formula is C26H29N3O3S. The average molecular weight is 464 g/mol. The largest absolute Gasteiger partial charge is 0.486 e. The summed E-state index contributed by atoms with van der Waals surface area (Å²) in [6, 6.07) is 14.4. The van der Waals surface area contributed by atoms with Gasteiger partial charge in [-0.2, -0.15) is 0 Å². The SMILES string of the molecule is CCNC(=O)c1csc(COc2ccc3c(c2)C(c2cccc(C)c2)N(C(=O)CC)CC3)n1. The zero-order valence-corrected chi connectivity index (χ0v) is 20.1. The van der Waals surface area contributed by atoms with E-state index in [1.165, 1.54) is 22.5 Å². The van der Waals surface area contributed by atoms with E-state index in [1.54, 1.807) is 5.38 Å². The van der Waals surface area contributed by atoms with E-state index >= 15 is 0 Å². The van der Waals surface area contributed by atoms with Crippen LogP contribution in [0.5, 0.6) is 5.75 Å². The van der Waals surface area contributed by atoms with Gasteiger partial charge in [-0.3, -0.25) is 9.59 Å². The van der Waals surface area contributed by atoms with Gasteiger partial charge in [-0.15, -0.1) is 11.3 Å². The van der Waals surface area contributed by atoms with Gasteiger partial charge >= 0.3 is 0 Å². The zero-order valence-electron chi connectivity index (χ0n) is 19.3. The molecule has 1 unspecified atom stereocenters. The molecule has 7 heteroatoms. The van der Waals surface area contributed by atoms with Crippen LogP contribution in [0.4, 0.5) is 0 Å². The molecule has 2 amide bonds. The highest BCUT2D eigenvalue weighted by atomic mass is 32.1. The lowest BCUT2D eigenvalue weighted by Crippen LogP contribution is -2.40. The van der Waals surface area contributed by atoms with Crippen molar-refractivity contribution in [2.75, 3.05) is 13.1 Å². The number of nitrogens with zero attached hydrogens (tertiary/aromatic N) is 2.